The van der Waals surface area contributed by atoms with Crippen molar-refractivity contribution in [1.82, 2.24) is 4.98 Å². The Hall–Kier alpha value is -0.940. The first-order valence-electron chi connectivity index (χ1n) is 3.83. The van der Waals surface area contributed by atoms with Crippen molar-refractivity contribution in [2.45, 2.75) is 0 Å². The third-order valence-electron chi connectivity index (χ3n) is 1.72. The fraction of sp³-hybridized carbons (Fsp3) is 0. The van der Waals surface area contributed by atoms with Crippen LogP contribution in [0.2, 0.25) is 0 Å². The Bertz CT molecular complexity index is 470. The zero-order chi connectivity index (χ0) is 10.1. The molecule has 0 aliphatic rings. The molecule has 2 aromatic rings. The van der Waals surface area contributed by atoms with Gasteiger partial charge in [0.1, 0.15) is 5.82 Å². The normalized spacial score (nSPS) is 10.4. The van der Waals surface area contributed by atoms with Crippen molar-refractivity contribution in [1.29, 1.82) is 0 Å². The fourth-order valence-electron chi connectivity index (χ4n) is 1.10. The summed E-state index contributed by atoms with van der Waals surface area (Å²) in [7, 11) is 0. The maximum Gasteiger partial charge on any atom is 0.180 e. The molecule has 0 atom stereocenters. The third-order valence-corrected chi connectivity index (χ3v) is 3.24. The number of rotatable bonds is 1. The van der Waals surface area contributed by atoms with Crippen LogP contribution in [0.1, 0.15) is 0 Å². The van der Waals surface area contributed by atoms with Gasteiger partial charge in [-0.1, -0.05) is 27.3 Å². The average molecular weight is 273 g/mol. The number of halogens is 2. The van der Waals surface area contributed by atoms with Gasteiger partial charge in [-0.05, 0) is 18.2 Å². The Morgan fingerprint density at radius 3 is 2.79 bits per heavy atom. The standard InChI is InChI=1S/C9H6BrFN2S/c10-7-3-5(11)1-2-6(7)8-4-13-9(12)14-8/h1-4H,(H2,12,13). The lowest BCUT2D eigenvalue weighted by Gasteiger charge is -1.99. The van der Waals surface area contributed by atoms with Gasteiger partial charge >= 0.3 is 0 Å². The lowest BCUT2D eigenvalue weighted by Crippen LogP contribution is -1.78. The van der Waals surface area contributed by atoms with Crippen molar-refractivity contribution >= 4 is 32.4 Å². The second-order valence-electron chi connectivity index (χ2n) is 2.69. The molecule has 72 valence electrons. The smallest absolute Gasteiger partial charge is 0.180 e. The van der Waals surface area contributed by atoms with E-state index in [0.29, 0.717) is 9.60 Å². The molecule has 0 fully saturated rings. The number of anilines is 1. The van der Waals surface area contributed by atoms with Crippen LogP contribution in [0, 0.1) is 5.82 Å². The highest BCUT2D eigenvalue weighted by molar-refractivity contribution is 9.10. The van der Waals surface area contributed by atoms with E-state index in [4.69, 9.17) is 5.73 Å². The molecule has 0 aliphatic carbocycles. The molecule has 0 spiro atoms. The minimum Gasteiger partial charge on any atom is -0.375 e. The Morgan fingerprint density at radius 2 is 2.21 bits per heavy atom. The predicted octanol–water partition coefficient (Wildman–Crippen LogP) is 3.29. The zero-order valence-corrected chi connectivity index (χ0v) is 9.40. The molecular weight excluding hydrogens is 267 g/mol. The number of nitrogen functional groups attached to an aromatic ring is 1. The molecule has 2 rings (SSSR count). The summed E-state index contributed by atoms with van der Waals surface area (Å²) < 4.78 is 13.5. The molecule has 14 heavy (non-hydrogen) atoms. The molecule has 0 saturated carbocycles. The number of nitrogens with two attached hydrogens (primary N) is 1. The molecule has 0 saturated heterocycles. The van der Waals surface area contributed by atoms with Crippen molar-refractivity contribution in [3.63, 3.8) is 0 Å². The van der Waals surface area contributed by atoms with Gasteiger partial charge in [-0.3, -0.25) is 0 Å². The highest BCUT2D eigenvalue weighted by atomic mass is 79.9. The van der Waals surface area contributed by atoms with Gasteiger partial charge in [-0.2, -0.15) is 0 Å². The van der Waals surface area contributed by atoms with Crippen LogP contribution in [-0.2, 0) is 0 Å². The first-order chi connectivity index (χ1) is 6.66. The minimum atomic E-state index is -0.266. The maximum atomic E-state index is 12.8. The van der Waals surface area contributed by atoms with Crippen LogP contribution in [0.15, 0.2) is 28.9 Å². The van der Waals surface area contributed by atoms with Gasteiger partial charge in [0.25, 0.3) is 0 Å². The van der Waals surface area contributed by atoms with E-state index in [-0.39, 0.29) is 5.82 Å². The summed E-state index contributed by atoms with van der Waals surface area (Å²) in [4.78, 5) is 4.86. The number of hydrogen-bond acceptors (Lipinski definition) is 3. The van der Waals surface area contributed by atoms with Gasteiger partial charge in [-0.25, -0.2) is 9.37 Å². The number of thiazole rings is 1. The quantitative estimate of drug-likeness (QED) is 0.865. The Labute approximate surface area is 92.7 Å². The predicted molar refractivity (Wildman–Crippen MR) is 59.6 cm³/mol. The van der Waals surface area contributed by atoms with E-state index in [1.807, 2.05) is 0 Å². The Balaban J connectivity index is 2.52. The van der Waals surface area contributed by atoms with E-state index >= 15 is 0 Å². The molecule has 0 amide bonds. The summed E-state index contributed by atoms with van der Waals surface area (Å²) in [6, 6.07) is 4.54. The lowest BCUT2D eigenvalue weighted by molar-refractivity contribution is 0.627. The number of hydrogen-bond donors (Lipinski definition) is 1. The molecule has 2 N–H and O–H groups in total. The van der Waals surface area contributed by atoms with Gasteiger partial charge in [0.2, 0.25) is 0 Å². The molecule has 0 unspecified atom stereocenters. The van der Waals surface area contributed by atoms with E-state index in [1.54, 1.807) is 12.3 Å². The van der Waals surface area contributed by atoms with Gasteiger partial charge in [0.15, 0.2) is 5.13 Å². The van der Waals surface area contributed by atoms with Gasteiger partial charge in [0, 0.05) is 16.2 Å². The van der Waals surface area contributed by atoms with Crippen LogP contribution in [0.4, 0.5) is 9.52 Å². The summed E-state index contributed by atoms with van der Waals surface area (Å²) in [6.07, 6.45) is 1.68. The first-order valence-corrected chi connectivity index (χ1v) is 5.44. The lowest BCUT2D eigenvalue weighted by atomic mass is 10.2. The number of benzene rings is 1. The van der Waals surface area contributed by atoms with Crippen molar-refractivity contribution in [2.24, 2.45) is 0 Å². The average Bonchev–Trinajstić information content (AvgIpc) is 2.51. The fourth-order valence-corrected chi connectivity index (χ4v) is 2.52. The monoisotopic (exact) mass is 272 g/mol. The van der Waals surface area contributed by atoms with Crippen LogP contribution in [0.5, 0.6) is 0 Å². The van der Waals surface area contributed by atoms with Crippen molar-refractivity contribution < 1.29 is 4.39 Å². The molecule has 5 heteroatoms. The summed E-state index contributed by atoms with van der Waals surface area (Å²) >= 11 is 4.67. The number of aromatic nitrogens is 1. The molecule has 0 bridgehead atoms. The van der Waals surface area contributed by atoms with Crippen molar-refractivity contribution in [2.75, 3.05) is 5.73 Å². The second-order valence-corrected chi connectivity index (χ2v) is 4.60. The topological polar surface area (TPSA) is 38.9 Å². The molecule has 1 aromatic heterocycles. The van der Waals surface area contributed by atoms with Gasteiger partial charge in [0.05, 0.1) is 4.88 Å². The summed E-state index contributed by atoms with van der Waals surface area (Å²) in [6.45, 7) is 0. The Morgan fingerprint density at radius 1 is 1.43 bits per heavy atom. The minimum absolute atomic E-state index is 0.266. The Kier molecular flexibility index (Phi) is 2.52. The van der Waals surface area contributed by atoms with E-state index in [2.05, 4.69) is 20.9 Å². The van der Waals surface area contributed by atoms with Crippen LogP contribution < -0.4 is 5.73 Å². The van der Waals surface area contributed by atoms with Crippen molar-refractivity contribution in [3.05, 3.63) is 34.7 Å². The van der Waals surface area contributed by atoms with Crippen LogP contribution >= 0.6 is 27.3 Å². The van der Waals surface area contributed by atoms with Crippen LogP contribution in [0.25, 0.3) is 10.4 Å². The second kappa shape index (κ2) is 3.67. The molecule has 2 nitrogen and oxygen atoms in total. The van der Waals surface area contributed by atoms with Gasteiger partial charge in [-0.15, -0.1) is 0 Å². The highest BCUT2D eigenvalue weighted by Gasteiger charge is 2.06. The van der Waals surface area contributed by atoms with E-state index in [9.17, 15) is 4.39 Å². The molecule has 0 radical (unpaired) electrons. The SMILES string of the molecule is Nc1ncc(-c2ccc(F)cc2Br)s1. The summed E-state index contributed by atoms with van der Waals surface area (Å²) in [5.74, 6) is -0.266. The molecule has 1 aromatic carbocycles. The molecular formula is C9H6BrFN2S. The van der Waals surface area contributed by atoms with E-state index in [0.717, 1.165) is 10.4 Å². The van der Waals surface area contributed by atoms with E-state index < -0.39 is 0 Å². The first kappa shape index (κ1) is 9.61. The van der Waals surface area contributed by atoms with Crippen LogP contribution in [0.3, 0.4) is 0 Å². The van der Waals surface area contributed by atoms with Crippen LogP contribution in [-0.4, -0.2) is 4.98 Å². The van der Waals surface area contributed by atoms with E-state index in [1.165, 1.54) is 23.5 Å². The van der Waals surface area contributed by atoms with Gasteiger partial charge < -0.3 is 5.73 Å². The number of nitrogens with zero attached hydrogens (tertiary/aromatic N) is 1. The largest absolute Gasteiger partial charge is 0.375 e. The zero-order valence-electron chi connectivity index (χ0n) is 7.00. The third kappa shape index (κ3) is 1.78. The molecule has 1 heterocycles. The maximum absolute atomic E-state index is 12.8. The summed E-state index contributed by atoms with van der Waals surface area (Å²) in [5.41, 5.74) is 6.42. The molecule has 0 aliphatic heterocycles. The highest BCUT2D eigenvalue weighted by Crippen LogP contribution is 2.33. The summed E-state index contributed by atoms with van der Waals surface area (Å²) in [5, 5.41) is 0.510. The van der Waals surface area contributed by atoms with Crippen molar-refractivity contribution in [3.8, 4) is 10.4 Å².